The normalized spacial score (nSPS) is 21.6. The van der Waals surface area contributed by atoms with Crippen LogP contribution >= 0.6 is 11.6 Å². The average molecular weight is 297 g/mol. The lowest BCUT2D eigenvalue weighted by molar-refractivity contribution is -0.384. The number of nitro groups is 1. The van der Waals surface area contributed by atoms with Gasteiger partial charge in [-0.3, -0.25) is 10.1 Å². The number of nitro benzene ring substituents is 1. The standard InChI is InChI=1S/C15H21ClN2O2/c1-15(2)8-4-3-5-14(15)17-10-11-9-12(18(19)20)6-7-13(11)16/h6-7,9,14,17H,3-5,8,10H2,1-2H3. The molecule has 1 unspecified atom stereocenters. The molecule has 0 spiro atoms. The molecule has 0 aliphatic heterocycles. The van der Waals surface area contributed by atoms with E-state index < -0.39 is 0 Å². The highest BCUT2D eigenvalue weighted by molar-refractivity contribution is 6.31. The van der Waals surface area contributed by atoms with Gasteiger partial charge in [0.05, 0.1) is 4.92 Å². The molecule has 0 heterocycles. The summed E-state index contributed by atoms with van der Waals surface area (Å²) in [5, 5.41) is 14.9. The fourth-order valence-corrected chi connectivity index (χ4v) is 3.10. The van der Waals surface area contributed by atoms with Crippen molar-refractivity contribution < 1.29 is 4.92 Å². The summed E-state index contributed by atoms with van der Waals surface area (Å²) in [6, 6.07) is 5.04. The molecule has 0 bridgehead atoms. The quantitative estimate of drug-likeness (QED) is 0.665. The van der Waals surface area contributed by atoms with E-state index in [0.717, 1.165) is 12.0 Å². The molecule has 1 aromatic rings. The largest absolute Gasteiger partial charge is 0.309 e. The highest BCUT2D eigenvalue weighted by atomic mass is 35.5. The van der Waals surface area contributed by atoms with E-state index in [1.165, 1.54) is 25.3 Å². The molecule has 4 nitrogen and oxygen atoms in total. The Balaban J connectivity index is 2.06. The summed E-state index contributed by atoms with van der Waals surface area (Å²) in [6.07, 6.45) is 4.89. The molecule has 1 atom stereocenters. The van der Waals surface area contributed by atoms with Crippen LogP contribution in [0.5, 0.6) is 0 Å². The van der Waals surface area contributed by atoms with E-state index >= 15 is 0 Å². The Hall–Kier alpha value is -1.13. The summed E-state index contributed by atoms with van der Waals surface area (Å²) in [6.45, 7) is 5.13. The first-order valence-electron chi connectivity index (χ1n) is 7.06. The number of nitrogens with one attached hydrogen (secondary N) is 1. The lowest BCUT2D eigenvalue weighted by Crippen LogP contribution is -2.43. The Morgan fingerprint density at radius 2 is 2.20 bits per heavy atom. The third-order valence-electron chi connectivity index (χ3n) is 4.29. The Kier molecular flexibility index (Phi) is 4.66. The van der Waals surface area contributed by atoms with Crippen molar-refractivity contribution in [3.8, 4) is 0 Å². The topological polar surface area (TPSA) is 55.2 Å². The smallest absolute Gasteiger partial charge is 0.269 e. The second-order valence-electron chi connectivity index (χ2n) is 6.20. The van der Waals surface area contributed by atoms with Gasteiger partial charge >= 0.3 is 0 Å². The van der Waals surface area contributed by atoms with Gasteiger partial charge in [-0.05, 0) is 29.9 Å². The van der Waals surface area contributed by atoms with Crippen molar-refractivity contribution in [1.29, 1.82) is 0 Å². The van der Waals surface area contributed by atoms with Crippen molar-refractivity contribution in [2.45, 2.75) is 52.1 Å². The van der Waals surface area contributed by atoms with Gasteiger partial charge in [-0.1, -0.05) is 38.3 Å². The number of halogens is 1. The number of nitrogens with zero attached hydrogens (tertiary/aromatic N) is 1. The van der Waals surface area contributed by atoms with E-state index in [1.54, 1.807) is 12.1 Å². The summed E-state index contributed by atoms with van der Waals surface area (Å²) in [5.41, 5.74) is 1.15. The molecule has 0 radical (unpaired) electrons. The number of rotatable bonds is 4. The van der Waals surface area contributed by atoms with Gasteiger partial charge in [-0.15, -0.1) is 0 Å². The fourth-order valence-electron chi connectivity index (χ4n) is 2.92. The number of hydrogen-bond donors (Lipinski definition) is 1. The zero-order chi connectivity index (χ0) is 14.8. The maximum Gasteiger partial charge on any atom is 0.269 e. The molecule has 110 valence electrons. The van der Waals surface area contributed by atoms with E-state index in [0.29, 0.717) is 17.6 Å². The van der Waals surface area contributed by atoms with Crippen LogP contribution in [0, 0.1) is 15.5 Å². The number of benzene rings is 1. The van der Waals surface area contributed by atoms with Crippen LogP contribution in [-0.2, 0) is 6.54 Å². The minimum atomic E-state index is -0.385. The molecule has 1 N–H and O–H groups in total. The third-order valence-corrected chi connectivity index (χ3v) is 4.65. The summed E-state index contributed by atoms with van der Waals surface area (Å²) in [7, 11) is 0. The second kappa shape index (κ2) is 6.10. The van der Waals surface area contributed by atoms with Gasteiger partial charge < -0.3 is 5.32 Å². The fraction of sp³-hybridized carbons (Fsp3) is 0.600. The molecule has 1 aliphatic rings. The highest BCUT2D eigenvalue weighted by Crippen LogP contribution is 2.35. The second-order valence-corrected chi connectivity index (χ2v) is 6.61. The molecular weight excluding hydrogens is 276 g/mol. The van der Waals surface area contributed by atoms with Gasteiger partial charge in [0.15, 0.2) is 0 Å². The molecular formula is C15H21ClN2O2. The molecule has 0 amide bonds. The molecule has 0 aromatic heterocycles. The van der Waals surface area contributed by atoms with Crippen LogP contribution in [-0.4, -0.2) is 11.0 Å². The minimum Gasteiger partial charge on any atom is -0.309 e. The van der Waals surface area contributed by atoms with Crippen LogP contribution in [0.25, 0.3) is 0 Å². The van der Waals surface area contributed by atoms with Gasteiger partial charge in [0, 0.05) is 29.7 Å². The third kappa shape index (κ3) is 3.49. The monoisotopic (exact) mass is 296 g/mol. The predicted octanol–water partition coefficient (Wildman–Crippen LogP) is 4.31. The molecule has 1 aromatic carbocycles. The summed E-state index contributed by atoms with van der Waals surface area (Å²) in [5.74, 6) is 0. The van der Waals surface area contributed by atoms with Crippen LogP contribution in [0.4, 0.5) is 5.69 Å². The molecule has 1 fully saturated rings. The number of hydrogen-bond acceptors (Lipinski definition) is 3. The zero-order valence-electron chi connectivity index (χ0n) is 12.0. The summed E-state index contributed by atoms with van der Waals surface area (Å²) >= 11 is 6.13. The summed E-state index contributed by atoms with van der Waals surface area (Å²) in [4.78, 5) is 10.4. The van der Waals surface area contributed by atoms with Gasteiger partial charge in [-0.2, -0.15) is 0 Å². The maximum absolute atomic E-state index is 10.8. The SMILES string of the molecule is CC1(C)CCCCC1NCc1cc([N+](=O)[O-])ccc1Cl. The Morgan fingerprint density at radius 1 is 1.45 bits per heavy atom. The Bertz CT molecular complexity index is 503. The van der Waals surface area contributed by atoms with Gasteiger partial charge in [0.25, 0.3) is 5.69 Å². The van der Waals surface area contributed by atoms with E-state index in [2.05, 4.69) is 19.2 Å². The lowest BCUT2D eigenvalue weighted by atomic mass is 9.73. The number of non-ortho nitro benzene ring substituents is 1. The van der Waals surface area contributed by atoms with Crippen LogP contribution in [0.3, 0.4) is 0 Å². The molecule has 2 rings (SSSR count). The first-order valence-corrected chi connectivity index (χ1v) is 7.44. The van der Waals surface area contributed by atoms with E-state index in [4.69, 9.17) is 11.6 Å². The van der Waals surface area contributed by atoms with Crippen LogP contribution in [0.1, 0.15) is 45.1 Å². The highest BCUT2D eigenvalue weighted by Gasteiger charge is 2.31. The zero-order valence-corrected chi connectivity index (χ0v) is 12.7. The molecule has 0 saturated heterocycles. The van der Waals surface area contributed by atoms with E-state index in [9.17, 15) is 10.1 Å². The molecule has 1 aliphatic carbocycles. The van der Waals surface area contributed by atoms with Crippen LogP contribution < -0.4 is 5.32 Å². The Morgan fingerprint density at radius 3 is 2.85 bits per heavy atom. The molecule has 1 saturated carbocycles. The van der Waals surface area contributed by atoms with Crippen molar-refractivity contribution in [3.63, 3.8) is 0 Å². The Labute approximate surface area is 124 Å². The van der Waals surface area contributed by atoms with Gasteiger partial charge in [0.2, 0.25) is 0 Å². The van der Waals surface area contributed by atoms with Crippen LogP contribution in [0.2, 0.25) is 5.02 Å². The van der Waals surface area contributed by atoms with Crippen molar-refractivity contribution in [1.82, 2.24) is 5.32 Å². The van der Waals surface area contributed by atoms with Crippen molar-refractivity contribution in [3.05, 3.63) is 38.9 Å². The first kappa shape index (κ1) is 15.3. The molecule has 20 heavy (non-hydrogen) atoms. The van der Waals surface area contributed by atoms with E-state index in [-0.39, 0.29) is 16.0 Å². The predicted molar refractivity (Wildman–Crippen MR) is 81.0 cm³/mol. The lowest BCUT2D eigenvalue weighted by Gasteiger charge is -2.39. The van der Waals surface area contributed by atoms with Crippen LogP contribution in [0.15, 0.2) is 18.2 Å². The average Bonchev–Trinajstić information content (AvgIpc) is 2.38. The summed E-state index contributed by atoms with van der Waals surface area (Å²) < 4.78 is 0. The molecule has 5 heteroatoms. The maximum atomic E-state index is 10.8. The van der Waals surface area contributed by atoms with Gasteiger partial charge in [-0.25, -0.2) is 0 Å². The first-order chi connectivity index (χ1) is 9.40. The van der Waals surface area contributed by atoms with Crippen molar-refractivity contribution in [2.75, 3.05) is 0 Å². The van der Waals surface area contributed by atoms with Gasteiger partial charge in [0.1, 0.15) is 0 Å². The minimum absolute atomic E-state index is 0.0918. The van der Waals surface area contributed by atoms with Crippen molar-refractivity contribution in [2.24, 2.45) is 5.41 Å². The van der Waals surface area contributed by atoms with Crippen molar-refractivity contribution >= 4 is 17.3 Å². The van der Waals surface area contributed by atoms with E-state index in [1.807, 2.05) is 0 Å².